The molecule has 1 rings (SSSR count). The molecule has 7 nitrogen and oxygen atoms in total. The minimum atomic E-state index is -2.27. The number of carbonyl (C=O) groups is 1. The van der Waals surface area contributed by atoms with Crippen molar-refractivity contribution >= 4 is 5.78 Å². The Balaban J connectivity index is 2.45. The maximum absolute atomic E-state index is 12.1. The summed E-state index contributed by atoms with van der Waals surface area (Å²) in [5.41, 5.74) is 1.04. The molecule has 6 atom stereocenters. The molecule has 0 saturated heterocycles. The van der Waals surface area contributed by atoms with Gasteiger partial charge in [-0.2, -0.15) is 0 Å². The molecule has 0 aromatic carbocycles. The summed E-state index contributed by atoms with van der Waals surface area (Å²) in [5.74, 6) is -2.83. The van der Waals surface area contributed by atoms with E-state index in [-0.39, 0.29) is 23.7 Å². The van der Waals surface area contributed by atoms with E-state index in [1.165, 1.54) is 13.8 Å². The summed E-state index contributed by atoms with van der Waals surface area (Å²) in [7, 11) is 0. The summed E-state index contributed by atoms with van der Waals surface area (Å²) < 4.78 is 5.25. The molecule has 1 heterocycles. The largest absolute Gasteiger partial charge is 0.456 e. The Morgan fingerprint density at radius 3 is 2.32 bits per heavy atom. The van der Waals surface area contributed by atoms with Crippen LogP contribution in [0.1, 0.15) is 60.3 Å². The standard InChI is InChI=1S/C24H38O7/c1-15(22(28)16(2)12-13-17(3)25)10-8-6-7-9-11-20(27)14-21-18(4)23(29)24(30,31-21)19(5)26/h6-8,10,12,15,17,19-20,22,25-28,30H,9,11,13-14H2,1-5H3/b7-6+,10-8+,16-12+/t15-,17?,19?,20-,22-,24?/m1/s1. The van der Waals surface area contributed by atoms with Gasteiger partial charge in [0.15, 0.2) is 0 Å². The van der Waals surface area contributed by atoms with Gasteiger partial charge in [-0.05, 0) is 52.5 Å². The van der Waals surface area contributed by atoms with Gasteiger partial charge in [0.25, 0.3) is 5.79 Å². The van der Waals surface area contributed by atoms with Crippen molar-refractivity contribution in [1.82, 2.24) is 0 Å². The molecule has 0 aromatic rings. The highest BCUT2D eigenvalue weighted by Gasteiger charge is 2.50. The Morgan fingerprint density at radius 1 is 1.13 bits per heavy atom. The van der Waals surface area contributed by atoms with Crippen molar-refractivity contribution in [3.8, 4) is 0 Å². The van der Waals surface area contributed by atoms with Crippen molar-refractivity contribution in [3.63, 3.8) is 0 Å². The van der Waals surface area contributed by atoms with Crippen LogP contribution in [0.25, 0.3) is 0 Å². The number of aliphatic hydroxyl groups is 5. The lowest BCUT2D eigenvalue weighted by Gasteiger charge is -2.25. The van der Waals surface area contributed by atoms with Crippen molar-refractivity contribution in [2.45, 2.75) is 90.5 Å². The number of hydrogen-bond acceptors (Lipinski definition) is 7. The fourth-order valence-electron chi connectivity index (χ4n) is 3.19. The second kappa shape index (κ2) is 12.3. The summed E-state index contributed by atoms with van der Waals surface area (Å²) >= 11 is 0. The lowest BCUT2D eigenvalue weighted by atomic mass is 9.96. The van der Waals surface area contributed by atoms with Crippen LogP contribution in [0.15, 0.2) is 47.3 Å². The van der Waals surface area contributed by atoms with Gasteiger partial charge in [-0.3, -0.25) is 4.79 Å². The average Bonchev–Trinajstić information content (AvgIpc) is 2.92. The quantitative estimate of drug-likeness (QED) is 0.234. The predicted octanol–water partition coefficient (Wildman–Crippen LogP) is 2.29. The average molecular weight is 439 g/mol. The lowest BCUT2D eigenvalue weighted by Crippen LogP contribution is -2.47. The number of hydrogen-bond donors (Lipinski definition) is 5. The van der Waals surface area contributed by atoms with Crippen LogP contribution in [-0.4, -0.2) is 61.5 Å². The van der Waals surface area contributed by atoms with Crippen LogP contribution in [-0.2, 0) is 9.53 Å². The highest BCUT2D eigenvalue weighted by Crippen LogP contribution is 2.34. The van der Waals surface area contributed by atoms with Crippen LogP contribution >= 0.6 is 0 Å². The minimum Gasteiger partial charge on any atom is -0.456 e. The molecule has 3 unspecified atom stereocenters. The van der Waals surface area contributed by atoms with Gasteiger partial charge in [0.1, 0.15) is 11.9 Å². The van der Waals surface area contributed by atoms with Gasteiger partial charge in [-0.1, -0.05) is 37.3 Å². The van der Waals surface area contributed by atoms with E-state index in [1.54, 1.807) is 6.92 Å². The number of Topliss-reactive ketones (excluding diaryl/α,β-unsaturated/α-hetero) is 1. The summed E-state index contributed by atoms with van der Waals surface area (Å²) in [6, 6.07) is 0. The van der Waals surface area contributed by atoms with Gasteiger partial charge in [0, 0.05) is 17.9 Å². The number of aliphatic hydroxyl groups excluding tert-OH is 4. The molecule has 0 aliphatic carbocycles. The zero-order valence-corrected chi connectivity index (χ0v) is 19.2. The number of rotatable bonds is 12. The number of ether oxygens (including phenoxy) is 1. The molecule has 1 aliphatic rings. The molecule has 176 valence electrons. The molecule has 31 heavy (non-hydrogen) atoms. The van der Waals surface area contributed by atoms with Crippen molar-refractivity contribution < 1.29 is 35.1 Å². The van der Waals surface area contributed by atoms with Crippen LogP contribution in [0, 0.1) is 5.92 Å². The van der Waals surface area contributed by atoms with E-state index >= 15 is 0 Å². The summed E-state index contributed by atoms with van der Waals surface area (Å²) in [6.07, 6.45) is 7.75. The van der Waals surface area contributed by atoms with E-state index in [9.17, 15) is 30.3 Å². The first-order valence-electron chi connectivity index (χ1n) is 10.8. The van der Waals surface area contributed by atoms with E-state index in [1.807, 2.05) is 44.2 Å². The molecule has 0 amide bonds. The SMILES string of the molecule is CC1=C(C[C@H](O)CC/C=C/C=C/[C@@H](C)[C@@H](O)/C(C)=C/CC(C)O)OC(O)(C(C)O)C1=O. The monoisotopic (exact) mass is 438 g/mol. The molecule has 0 fully saturated rings. The van der Waals surface area contributed by atoms with Crippen molar-refractivity contribution in [3.05, 3.63) is 47.3 Å². The molecule has 0 spiro atoms. The van der Waals surface area contributed by atoms with E-state index in [0.717, 1.165) is 5.57 Å². The summed E-state index contributed by atoms with van der Waals surface area (Å²) in [5, 5.41) is 49.6. The second-order valence-corrected chi connectivity index (χ2v) is 8.44. The van der Waals surface area contributed by atoms with Crippen LogP contribution in [0.3, 0.4) is 0 Å². The minimum absolute atomic E-state index is 0.0809. The normalized spacial score (nSPS) is 25.2. The number of carbonyl (C=O) groups excluding carboxylic acids is 1. The molecule has 7 heteroatoms. The molecule has 0 saturated carbocycles. The third-order valence-corrected chi connectivity index (χ3v) is 5.42. The third kappa shape index (κ3) is 8.01. The number of allylic oxidation sites excluding steroid dienone is 3. The van der Waals surface area contributed by atoms with Crippen LogP contribution in [0.2, 0.25) is 0 Å². The molecule has 1 aliphatic heterocycles. The Labute approximate surface area is 185 Å². The van der Waals surface area contributed by atoms with Gasteiger partial charge in [-0.25, -0.2) is 0 Å². The van der Waals surface area contributed by atoms with Gasteiger partial charge in [0.05, 0.1) is 18.3 Å². The highest BCUT2D eigenvalue weighted by atomic mass is 16.6. The maximum Gasteiger partial charge on any atom is 0.298 e. The topological polar surface area (TPSA) is 127 Å². The molecule has 5 N–H and O–H groups in total. The Morgan fingerprint density at radius 2 is 1.77 bits per heavy atom. The predicted molar refractivity (Wildman–Crippen MR) is 119 cm³/mol. The van der Waals surface area contributed by atoms with Crippen LogP contribution in [0.5, 0.6) is 0 Å². The van der Waals surface area contributed by atoms with Crippen LogP contribution < -0.4 is 0 Å². The van der Waals surface area contributed by atoms with E-state index < -0.39 is 36.0 Å². The van der Waals surface area contributed by atoms with E-state index in [0.29, 0.717) is 19.3 Å². The first-order valence-corrected chi connectivity index (χ1v) is 10.8. The van der Waals surface area contributed by atoms with Crippen molar-refractivity contribution in [2.24, 2.45) is 5.92 Å². The maximum atomic E-state index is 12.1. The van der Waals surface area contributed by atoms with Crippen molar-refractivity contribution in [2.75, 3.05) is 0 Å². The fourth-order valence-corrected chi connectivity index (χ4v) is 3.19. The zero-order chi connectivity index (χ0) is 23.8. The first-order chi connectivity index (χ1) is 14.4. The first kappa shape index (κ1) is 27.3. The fraction of sp³-hybridized carbons (Fsp3) is 0.625. The second-order valence-electron chi connectivity index (χ2n) is 8.44. The number of ketones is 1. The molecular formula is C24H38O7. The summed E-state index contributed by atoms with van der Waals surface area (Å²) in [6.45, 7) is 8.23. The lowest BCUT2D eigenvalue weighted by molar-refractivity contribution is -0.213. The third-order valence-electron chi connectivity index (χ3n) is 5.42. The molecule has 0 radical (unpaired) electrons. The highest BCUT2D eigenvalue weighted by molar-refractivity contribution is 6.03. The van der Waals surface area contributed by atoms with Gasteiger partial charge in [-0.15, -0.1) is 0 Å². The summed E-state index contributed by atoms with van der Waals surface area (Å²) in [4.78, 5) is 12.1. The molecule has 0 bridgehead atoms. The smallest absolute Gasteiger partial charge is 0.298 e. The van der Waals surface area contributed by atoms with E-state index in [2.05, 4.69) is 0 Å². The molecular weight excluding hydrogens is 400 g/mol. The van der Waals surface area contributed by atoms with Crippen molar-refractivity contribution in [1.29, 1.82) is 0 Å². The Kier molecular flexibility index (Phi) is 10.8. The Hall–Kier alpha value is -1.77. The van der Waals surface area contributed by atoms with Crippen LogP contribution in [0.4, 0.5) is 0 Å². The Bertz CT molecular complexity index is 717. The van der Waals surface area contributed by atoms with E-state index in [4.69, 9.17) is 4.74 Å². The zero-order valence-electron chi connectivity index (χ0n) is 19.2. The van der Waals surface area contributed by atoms with Gasteiger partial charge >= 0.3 is 0 Å². The van der Waals surface area contributed by atoms with Gasteiger partial charge < -0.3 is 30.3 Å². The van der Waals surface area contributed by atoms with Gasteiger partial charge in [0.2, 0.25) is 5.78 Å². The molecule has 0 aromatic heterocycles.